The molecule has 5 nitrogen and oxygen atoms in total. The summed E-state index contributed by atoms with van der Waals surface area (Å²) in [4.78, 5) is 5.68. The second-order valence-electron chi connectivity index (χ2n) is 4.01. The number of aryl methyl sites for hydroxylation is 1. The predicted molar refractivity (Wildman–Crippen MR) is 71.3 cm³/mol. The summed E-state index contributed by atoms with van der Waals surface area (Å²) >= 11 is 1.75. The van der Waals surface area contributed by atoms with E-state index in [0.29, 0.717) is 6.54 Å². The largest absolute Gasteiger partial charge is 0.394 e. The number of thiazole rings is 1. The van der Waals surface area contributed by atoms with E-state index < -0.39 is 0 Å². The van der Waals surface area contributed by atoms with Gasteiger partial charge < -0.3 is 10.4 Å². The molecule has 18 heavy (non-hydrogen) atoms. The number of nitrogens with zero attached hydrogens (tertiary/aromatic N) is 3. The lowest BCUT2D eigenvalue weighted by molar-refractivity contribution is 0.269. The van der Waals surface area contributed by atoms with Crippen LogP contribution in [0.1, 0.15) is 22.4 Å². The first kappa shape index (κ1) is 13.2. The van der Waals surface area contributed by atoms with E-state index in [9.17, 15) is 0 Å². The maximum absolute atomic E-state index is 8.80. The molecule has 0 unspecified atom stereocenters. The van der Waals surface area contributed by atoms with Gasteiger partial charge in [0, 0.05) is 35.9 Å². The molecule has 98 valence electrons. The summed E-state index contributed by atoms with van der Waals surface area (Å²) in [5.74, 6) is 0. The highest BCUT2D eigenvalue weighted by molar-refractivity contribution is 7.11. The van der Waals surface area contributed by atoms with Gasteiger partial charge in [0.2, 0.25) is 0 Å². The van der Waals surface area contributed by atoms with Crippen LogP contribution in [0.4, 0.5) is 0 Å². The maximum atomic E-state index is 8.80. The maximum Gasteiger partial charge on any atom is 0.107 e. The summed E-state index contributed by atoms with van der Waals surface area (Å²) < 4.78 is 1.75. The van der Waals surface area contributed by atoms with Gasteiger partial charge in [0.1, 0.15) is 5.01 Å². The summed E-state index contributed by atoms with van der Waals surface area (Å²) in [7, 11) is 0. The molecule has 6 heteroatoms. The number of rotatable bonds is 7. The van der Waals surface area contributed by atoms with Crippen LogP contribution in [0.3, 0.4) is 0 Å². The number of aliphatic hydroxyl groups is 1. The molecule has 2 rings (SSSR count). The average Bonchev–Trinajstić information content (AvgIpc) is 2.99. The first-order chi connectivity index (χ1) is 8.81. The van der Waals surface area contributed by atoms with Crippen molar-refractivity contribution in [3.05, 3.63) is 34.0 Å². The third-order valence-corrected chi connectivity index (χ3v) is 3.71. The molecule has 0 amide bonds. The first-order valence-electron chi connectivity index (χ1n) is 6.08. The van der Waals surface area contributed by atoms with E-state index in [1.54, 1.807) is 16.0 Å². The van der Waals surface area contributed by atoms with Crippen LogP contribution in [0, 0.1) is 0 Å². The quantitative estimate of drug-likeness (QED) is 0.790. The lowest BCUT2D eigenvalue weighted by Crippen LogP contribution is -2.12. The van der Waals surface area contributed by atoms with Gasteiger partial charge in [-0.05, 0) is 6.42 Å². The molecule has 0 aliphatic heterocycles. The number of hydrogen-bond acceptors (Lipinski definition) is 5. The molecule has 0 saturated heterocycles. The van der Waals surface area contributed by atoms with E-state index >= 15 is 0 Å². The molecule has 2 aromatic rings. The van der Waals surface area contributed by atoms with Crippen LogP contribution in [-0.4, -0.2) is 26.5 Å². The standard InChI is InChI=1S/C12H18N4OS/c1-2-11-7-14-12(18-11)8-13-5-10-6-15-16(9-10)3-4-17/h6-7,9,13,17H,2-5,8H2,1H3. The number of aromatic nitrogens is 3. The highest BCUT2D eigenvalue weighted by Crippen LogP contribution is 2.13. The highest BCUT2D eigenvalue weighted by atomic mass is 32.1. The molecule has 2 heterocycles. The van der Waals surface area contributed by atoms with Crippen molar-refractivity contribution in [2.45, 2.75) is 33.0 Å². The van der Waals surface area contributed by atoms with Crippen LogP contribution >= 0.6 is 11.3 Å². The lowest BCUT2D eigenvalue weighted by Gasteiger charge is -1.99. The number of aliphatic hydroxyl groups excluding tert-OH is 1. The van der Waals surface area contributed by atoms with E-state index in [-0.39, 0.29) is 6.61 Å². The predicted octanol–water partition coefficient (Wildman–Crippen LogP) is 1.18. The molecular formula is C12H18N4OS. The van der Waals surface area contributed by atoms with Crippen molar-refractivity contribution in [3.63, 3.8) is 0 Å². The molecule has 0 aliphatic carbocycles. The Morgan fingerprint density at radius 2 is 2.28 bits per heavy atom. The van der Waals surface area contributed by atoms with Crippen LogP contribution in [-0.2, 0) is 26.1 Å². The summed E-state index contributed by atoms with van der Waals surface area (Å²) in [5, 5.41) is 17.4. The number of nitrogens with one attached hydrogen (secondary N) is 1. The molecule has 0 atom stereocenters. The molecule has 0 aromatic carbocycles. The Morgan fingerprint density at radius 3 is 3.00 bits per heavy atom. The van der Waals surface area contributed by atoms with Crippen LogP contribution in [0.15, 0.2) is 18.6 Å². The zero-order valence-corrected chi connectivity index (χ0v) is 11.3. The van der Waals surface area contributed by atoms with Gasteiger partial charge >= 0.3 is 0 Å². The summed E-state index contributed by atoms with van der Waals surface area (Å²) in [5.41, 5.74) is 1.12. The van der Waals surface area contributed by atoms with Crippen molar-refractivity contribution in [1.29, 1.82) is 0 Å². The molecule has 0 bridgehead atoms. The molecule has 2 N–H and O–H groups in total. The van der Waals surface area contributed by atoms with Gasteiger partial charge in [-0.1, -0.05) is 6.92 Å². The molecule has 2 aromatic heterocycles. The Labute approximate surface area is 110 Å². The van der Waals surface area contributed by atoms with Crippen molar-refractivity contribution in [3.8, 4) is 0 Å². The Hall–Kier alpha value is -1.24. The van der Waals surface area contributed by atoms with E-state index in [4.69, 9.17) is 5.11 Å². The minimum absolute atomic E-state index is 0.119. The smallest absolute Gasteiger partial charge is 0.107 e. The molecule has 0 fully saturated rings. The normalized spacial score (nSPS) is 11.0. The zero-order chi connectivity index (χ0) is 12.8. The fourth-order valence-electron chi connectivity index (χ4n) is 1.63. The van der Waals surface area contributed by atoms with E-state index in [2.05, 4.69) is 22.3 Å². The molecule has 0 spiro atoms. The van der Waals surface area contributed by atoms with Crippen molar-refractivity contribution in [2.75, 3.05) is 6.61 Å². The second kappa shape index (κ2) is 6.63. The zero-order valence-electron chi connectivity index (χ0n) is 10.5. The van der Waals surface area contributed by atoms with E-state index in [0.717, 1.165) is 30.1 Å². The first-order valence-corrected chi connectivity index (χ1v) is 6.90. The van der Waals surface area contributed by atoms with E-state index in [1.807, 2.05) is 18.6 Å². The van der Waals surface area contributed by atoms with Crippen LogP contribution in [0.25, 0.3) is 0 Å². The van der Waals surface area contributed by atoms with Gasteiger partial charge in [-0.15, -0.1) is 11.3 Å². The fraction of sp³-hybridized carbons (Fsp3) is 0.500. The fourth-order valence-corrected chi connectivity index (χ4v) is 2.46. The minimum Gasteiger partial charge on any atom is -0.394 e. The SMILES string of the molecule is CCc1cnc(CNCc2cnn(CCO)c2)s1. The van der Waals surface area contributed by atoms with Gasteiger partial charge in [-0.25, -0.2) is 4.98 Å². The Bertz CT molecular complexity index is 480. The van der Waals surface area contributed by atoms with E-state index in [1.165, 1.54) is 4.88 Å². The Kier molecular flexibility index (Phi) is 4.86. The second-order valence-corrected chi connectivity index (χ2v) is 5.21. The highest BCUT2D eigenvalue weighted by Gasteiger charge is 2.01. The van der Waals surface area contributed by atoms with Gasteiger partial charge in [-0.2, -0.15) is 5.10 Å². The minimum atomic E-state index is 0.119. The third kappa shape index (κ3) is 3.63. The monoisotopic (exact) mass is 266 g/mol. The van der Waals surface area contributed by atoms with Crippen LogP contribution in [0.5, 0.6) is 0 Å². The Morgan fingerprint density at radius 1 is 1.39 bits per heavy atom. The van der Waals surface area contributed by atoms with Crippen molar-refractivity contribution in [1.82, 2.24) is 20.1 Å². The average molecular weight is 266 g/mol. The van der Waals surface area contributed by atoms with Crippen molar-refractivity contribution < 1.29 is 5.11 Å². The summed E-state index contributed by atoms with van der Waals surface area (Å²) in [6.07, 6.45) is 6.76. The molecule has 0 aliphatic rings. The summed E-state index contributed by atoms with van der Waals surface area (Å²) in [6, 6.07) is 0. The number of hydrogen-bond donors (Lipinski definition) is 2. The van der Waals surface area contributed by atoms with Gasteiger partial charge in [0.25, 0.3) is 0 Å². The third-order valence-electron chi connectivity index (χ3n) is 2.57. The van der Waals surface area contributed by atoms with Crippen molar-refractivity contribution >= 4 is 11.3 Å². The van der Waals surface area contributed by atoms with Crippen molar-refractivity contribution in [2.24, 2.45) is 0 Å². The molecule has 0 radical (unpaired) electrons. The van der Waals surface area contributed by atoms with Gasteiger partial charge in [-0.3, -0.25) is 4.68 Å². The van der Waals surface area contributed by atoms with Crippen LogP contribution < -0.4 is 5.32 Å². The summed E-state index contributed by atoms with van der Waals surface area (Å²) in [6.45, 7) is 4.36. The van der Waals surface area contributed by atoms with Crippen LogP contribution in [0.2, 0.25) is 0 Å². The van der Waals surface area contributed by atoms with Gasteiger partial charge in [0.05, 0.1) is 19.3 Å². The lowest BCUT2D eigenvalue weighted by atomic mass is 10.3. The molecular weight excluding hydrogens is 248 g/mol. The molecule has 0 saturated carbocycles. The Balaban J connectivity index is 1.77. The topological polar surface area (TPSA) is 63.0 Å². The van der Waals surface area contributed by atoms with Gasteiger partial charge in [0.15, 0.2) is 0 Å².